The predicted octanol–water partition coefficient (Wildman–Crippen LogP) is 2.05. The Bertz CT molecular complexity index is 432. The van der Waals surface area contributed by atoms with Crippen molar-refractivity contribution in [2.24, 2.45) is 0 Å². The molecule has 0 aliphatic heterocycles. The van der Waals surface area contributed by atoms with Crippen molar-refractivity contribution in [2.75, 3.05) is 13.2 Å². The van der Waals surface area contributed by atoms with Gasteiger partial charge in [-0.05, 0) is 37.6 Å². The normalized spacial score (nSPS) is 9.82. The van der Waals surface area contributed by atoms with Crippen molar-refractivity contribution in [2.45, 2.75) is 13.8 Å². The summed E-state index contributed by atoms with van der Waals surface area (Å²) in [5.41, 5.74) is 1.40. The fourth-order valence-corrected chi connectivity index (χ4v) is 1.82. The van der Waals surface area contributed by atoms with E-state index in [-0.39, 0.29) is 12.5 Å². The first-order valence-electron chi connectivity index (χ1n) is 5.24. The molecule has 1 aromatic rings. The van der Waals surface area contributed by atoms with E-state index in [0.717, 1.165) is 10.0 Å². The molecular formula is C12H14BrNO3. The second-order valence-corrected chi connectivity index (χ2v) is 4.36. The number of rotatable bonds is 4. The van der Waals surface area contributed by atoms with Gasteiger partial charge in [-0.2, -0.15) is 0 Å². The maximum absolute atomic E-state index is 11.8. The molecule has 0 aromatic heterocycles. The molecule has 17 heavy (non-hydrogen) atoms. The lowest BCUT2D eigenvalue weighted by Crippen LogP contribution is -2.31. The predicted molar refractivity (Wildman–Crippen MR) is 67.8 cm³/mol. The van der Waals surface area contributed by atoms with E-state index in [4.69, 9.17) is 4.74 Å². The summed E-state index contributed by atoms with van der Waals surface area (Å²) in [6, 6.07) is 5.34. The number of amides is 1. The monoisotopic (exact) mass is 299 g/mol. The maximum Gasteiger partial charge on any atom is 0.325 e. The van der Waals surface area contributed by atoms with Gasteiger partial charge >= 0.3 is 5.97 Å². The summed E-state index contributed by atoms with van der Waals surface area (Å²) in [7, 11) is 0. The summed E-state index contributed by atoms with van der Waals surface area (Å²) in [5, 5.41) is 2.52. The summed E-state index contributed by atoms with van der Waals surface area (Å²) < 4.78 is 5.63. The molecule has 1 aromatic carbocycles. The first kappa shape index (κ1) is 13.7. The number of aryl methyl sites for hydroxylation is 1. The van der Waals surface area contributed by atoms with Crippen molar-refractivity contribution in [3.8, 4) is 0 Å². The number of carbonyl (C=O) groups excluding carboxylic acids is 2. The molecule has 92 valence electrons. The van der Waals surface area contributed by atoms with Gasteiger partial charge in [0.25, 0.3) is 5.91 Å². The second-order valence-electron chi connectivity index (χ2n) is 3.45. The Labute approximate surface area is 108 Å². The summed E-state index contributed by atoms with van der Waals surface area (Å²) >= 11 is 3.32. The number of hydrogen-bond acceptors (Lipinski definition) is 3. The van der Waals surface area contributed by atoms with E-state index < -0.39 is 5.97 Å². The fraction of sp³-hybridized carbons (Fsp3) is 0.333. The third kappa shape index (κ3) is 4.19. The van der Waals surface area contributed by atoms with Crippen molar-refractivity contribution in [3.05, 3.63) is 33.8 Å². The molecule has 0 aliphatic rings. The second kappa shape index (κ2) is 6.39. The van der Waals surface area contributed by atoms with Crippen LogP contribution in [-0.4, -0.2) is 25.0 Å². The molecule has 1 amide bonds. The Kier molecular flexibility index (Phi) is 5.15. The first-order valence-corrected chi connectivity index (χ1v) is 6.04. The van der Waals surface area contributed by atoms with Crippen LogP contribution in [0.1, 0.15) is 22.8 Å². The van der Waals surface area contributed by atoms with Gasteiger partial charge < -0.3 is 10.1 Å². The molecule has 1 rings (SSSR count). The van der Waals surface area contributed by atoms with E-state index in [1.807, 2.05) is 13.0 Å². The van der Waals surface area contributed by atoms with Crippen molar-refractivity contribution in [1.82, 2.24) is 5.32 Å². The van der Waals surface area contributed by atoms with E-state index in [1.54, 1.807) is 19.1 Å². The first-order chi connectivity index (χ1) is 8.04. The summed E-state index contributed by atoms with van der Waals surface area (Å²) in [6.45, 7) is 3.76. The van der Waals surface area contributed by atoms with Gasteiger partial charge in [0, 0.05) is 10.0 Å². The summed E-state index contributed by atoms with van der Waals surface area (Å²) in [5.74, 6) is -0.710. The van der Waals surface area contributed by atoms with E-state index in [2.05, 4.69) is 21.2 Å². The van der Waals surface area contributed by atoms with Crippen LogP contribution >= 0.6 is 15.9 Å². The van der Waals surface area contributed by atoms with Gasteiger partial charge in [-0.3, -0.25) is 9.59 Å². The number of ether oxygens (including phenoxy) is 1. The van der Waals surface area contributed by atoms with Crippen LogP contribution in [0.2, 0.25) is 0 Å². The highest BCUT2D eigenvalue weighted by atomic mass is 79.9. The van der Waals surface area contributed by atoms with E-state index >= 15 is 0 Å². The molecule has 0 bridgehead atoms. The lowest BCUT2D eigenvalue weighted by Gasteiger charge is -2.07. The summed E-state index contributed by atoms with van der Waals surface area (Å²) in [4.78, 5) is 22.8. The van der Waals surface area contributed by atoms with E-state index in [1.165, 1.54) is 0 Å². The molecule has 0 saturated heterocycles. The SMILES string of the molecule is CCOC(=O)CNC(=O)c1ccc(Br)cc1C. The molecule has 0 unspecified atom stereocenters. The highest BCUT2D eigenvalue weighted by Crippen LogP contribution is 2.15. The largest absolute Gasteiger partial charge is 0.465 e. The van der Waals surface area contributed by atoms with Gasteiger partial charge in [0.2, 0.25) is 0 Å². The minimum atomic E-state index is -0.435. The number of benzene rings is 1. The van der Waals surface area contributed by atoms with Crippen LogP contribution in [0.3, 0.4) is 0 Å². The van der Waals surface area contributed by atoms with Gasteiger partial charge in [-0.1, -0.05) is 15.9 Å². The zero-order valence-corrected chi connectivity index (χ0v) is 11.3. The smallest absolute Gasteiger partial charge is 0.325 e. The average Bonchev–Trinajstić information content (AvgIpc) is 2.26. The van der Waals surface area contributed by atoms with Crippen LogP contribution in [0.4, 0.5) is 0 Å². The van der Waals surface area contributed by atoms with Crippen molar-refractivity contribution < 1.29 is 14.3 Å². The minimum absolute atomic E-state index is 0.109. The Morgan fingerprint density at radius 2 is 2.12 bits per heavy atom. The van der Waals surface area contributed by atoms with Crippen LogP contribution < -0.4 is 5.32 Å². The number of carbonyl (C=O) groups is 2. The van der Waals surface area contributed by atoms with Crippen LogP contribution in [0.25, 0.3) is 0 Å². The molecule has 5 heteroatoms. The highest BCUT2D eigenvalue weighted by molar-refractivity contribution is 9.10. The Morgan fingerprint density at radius 1 is 1.41 bits per heavy atom. The lowest BCUT2D eigenvalue weighted by molar-refractivity contribution is -0.141. The van der Waals surface area contributed by atoms with E-state index in [9.17, 15) is 9.59 Å². The molecule has 0 saturated carbocycles. The molecule has 4 nitrogen and oxygen atoms in total. The van der Waals surface area contributed by atoms with Gasteiger partial charge in [0.05, 0.1) is 6.61 Å². The maximum atomic E-state index is 11.8. The number of hydrogen-bond donors (Lipinski definition) is 1. The third-order valence-electron chi connectivity index (χ3n) is 2.13. The molecule has 0 spiro atoms. The van der Waals surface area contributed by atoms with Gasteiger partial charge in [0.15, 0.2) is 0 Å². The fourth-order valence-electron chi connectivity index (χ4n) is 1.34. The van der Waals surface area contributed by atoms with Crippen LogP contribution in [0, 0.1) is 6.92 Å². The van der Waals surface area contributed by atoms with Crippen molar-refractivity contribution in [3.63, 3.8) is 0 Å². The highest BCUT2D eigenvalue weighted by Gasteiger charge is 2.10. The molecular weight excluding hydrogens is 286 g/mol. The topological polar surface area (TPSA) is 55.4 Å². The zero-order chi connectivity index (χ0) is 12.8. The van der Waals surface area contributed by atoms with E-state index in [0.29, 0.717) is 12.2 Å². The molecule has 1 N–H and O–H groups in total. The number of nitrogens with one attached hydrogen (secondary N) is 1. The van der Waals surface area contributed by atoms with Gasteiger partial charge in [0.1, 0.15) is 6.54 Å². The van der Waals surface area contributed by atoms with Crippen molar-refractivity contribution >= 4 is 27.8 Å². The minimum Gasteiger partial charge on any atom is -0.465 e. The van der Waals surface area contributed by atoms with Crippen LogP contribution in [-0.2, 0) is 9.53 Å². The Hall–Kier alpha value is -1.36. The average molecular weight is 300 g/mol. The number of esters is 1. The molecule has 0 atom stereocenters. The van der Waals surface area contributed by atoms with Crippen LogP contribution in [0.5, 0.6) is 0 Å². The standard InChI is InChI=1S/C12H14BrNO3/c1-3-17-11(15)7-14-12(16)10-5-4-9(13)6-8(10)2/h4-6H,3,7H2,1-2H3,(H,14,16). The Morgan fingerprint density at radius 3 is 2.71 bits per heavy atom. The van der Waals surface area contributed by atoms with Gasteiger partial charge in [-0.25, -0.2) is 0 Å². The lowest BCUT2D eigenvalue weighted by atomic mass is 10.1. The molecule has 0 heterocycles. The quantitative estimate of drug-likeness (QED) is 0.866. The molecule has 0 fully saturated rings. The third-order valence-corrected chi connectivity index (χ3v) is 2.62. The number of halogens is 1. The Balaban J connectivity index is 2.61. The van der Waals surface area contributed by atoms with Crippen LogP contribution in [0.15, 0.2) is 22.7 Å². The van der Waals surface area contributed by atoms with Crippen molar-refractivity contribution in [1.29, 1.82) is 0 Å². The van der Waals surface area contributed by atoms with Gasteiger partial charge in [-0.15, -0.1) is 0 Å². The molecule has 0 radical (unpaired) electrons. The summed E-state index contributed by atoms with van der Waals surface area (Å²) in [6.07, 6.45) is 0. The molecule has 0 aliphatic carbocycles. The zero-order valence-electron chi connectivity index (χ0n) is 9.75.